The van der Waals surface area contributed by atoms with E-state index in [2.05, 4.69) is 19.2 Å². The highest BCUT2D eigenvalue weighted by Crippen LogP contribution is 2.31. The molecule has 2 aromatic rings. The van der Waals surface area contributed by atoms with Crippen molar-refractivity contribution in [2.45, 2.75) is 39.7 Å². The Bertz CT molecular complexity index is 814. The largest absolute Gasteiger partial charge is 0.497 e. The zero-order valence-electron chi connectivity index (χ0n) is 17.2. The van der Waals surface area contributed by atoms with Gasteiger partial charge in [-0.25, -0.2) is 0 Å². The van der Waals surface area contributed by atoms with Gasteiger partial charge in [-0.05, 0) is 61.2 Å². The van der Waals surface area contributed by atoms with Crippen LogP contribution in [0.1, 0.15) is 59.8 Å². The fraction of sp³-hybridized carbons (Fsp3) is 0.409. The van der Waals surface area contributed by atoms with Gasteiger partial charge in [-0.3, -0.25) is 4.79 Å². The summed E-state index contributed by atoms with van der Waals surface area (Å²) in [5, 5.41) is 3.07. The normalized spacial score (nSPS) is 11.9. The summed E-state index contributed by atoms with van der Waals surface area (Å²) in [7, 11) is 4.88. The predicted octanol–water partition coefficient (Wildman–Crippen LogP) is 4.64. The van der Waals surface area contributed by atoms with Crippen molar-refractivity contribution in [2.75, 3.05) is 21.3 Å². The molecular weight excluding hydrogens is 342 g/mol. The number of hydrogen-bond acceptors (Lipinski definition) is 4. The highest BCUT2D eigenvalue weighted by atomic mass is 16.5. The van der Waals surface area contributed by atoms with Crippen LogP contribution in [0.5, 0.6) is 17.2 Å². The van der Waals surface area contributed by atoms with Crippen LogP contribution in [0.15, 0.2) is 30.3 Å². The average Bonchev–Trinajstić information content (AvgIpc) is 2.66. The molecule has 2 aromatic carbocycles. The Morgan fingerprint density at radius 3 is 2.11 bits per heavy atom. The molecule has 0 bridgehead atoms. The van der Waals surface area contributed by atoms with Gasteiger partial charge in [0.2, 0.25) is 0 Å². The standard InChI is InChI=1S/C22H29NO4/c1-13(2)17-12-18(14(3)10-21(17)27-7)22(24)23-15(4)19-11-16(25-5)8-9-20(19)26-6/h8-13,15H,1-7H3,(H,23,24). The first kappa shape index (κ1) is 20.6. The number of methoxy groups -OCH3 is 3. The van der Waals surface area contributed by atoms with Gasteiger partial charge in [-0.2, -0.15) is 0 Å². The van der Waals surface area contributed by atoms with Crippen molar-refractivity contribution in [3.63, 3.8) is 0 Å². The molecule has 2 rings (SSSR count). The Kier molecular flexibility index (Phi) is 6.72. The Labute approximate surface area is 161 Å². The molecule has 0 aromatic heterocycles. The van der Waals surface area contributed by atoms with Gasteiger partial charge in [0.1, 0.15) is 17.2 Å². The summed E-state index contributed by atoms with van der Waals surface area (Å²) in [5.41, 5.74) is 3.40. The Hall–Kier alpha value is -2.69. The molecule has 0 saturated heterocycles. The molecule has 1 N–H and O–H groups in total. The van der Waals surface area contributed by atoms with Gasteiger partial charge in [0, 0.05) is 11.1 Å². The Balaban J connectivity index is 2.33. The molecule has 146 valence electrons. The van der Waals surface area contributed by atoms with Crippen molar-refractivity contribution < 1.29 is 19.0 Å². The van der Waals surface area contributed by atoms with Crippen LogP contribution < -0.4 is 19.5 Å². The van der Waals surface area contributed by atoms with Crippen molar-refractivity contribution in [1.29, 1.82) is 0 Å². The number of carbonyl (C=O) groups is 1. The van der Waals surface area contributed by atoms with Crippen molar-refractivity contribution in [3.8, 4) is 17.2 Å². The smallest absolute Gasteiger partial charge is 0.252 e. The number of benzene rings is 2. The van der Waals surface area contributed by atoms with Gasteiger partial charge >= 0.3 is 0 Å². The third-order valence-corrected chi connectivity index (χ3v) is 4.69. The topological polar surface area (TPSA) is 56.8 Å². The van der Waals surface area contributed by atoms with E-state index in [0.29, 0.717) is 11.3 Å². The average molecular weight is 371 g/mol. The zero-order valence-corrected chi connectivity index (χ0v) is 17.2. The number of aryl methyl sites for hydroxylation is 1. The number of ether oxygens (including phenoxy) is 3. The molecule has 0 spiro atoms. The Morgan fingerprint density at radius 2 is 1.56 bits per heavy atom. The molecule has 1 amide bonds. The molecule has 1 atom stereocenters. The molecule has 1 unspecified atom stereocenters. The quantitative estimate of drug-likeness (QED) is 0.771. The maximum atomic E-state index is 13.0. The third-order valence-electron chi connectivity index (χ3n) is 4.69. The van der Waals surface area contributed by atoms with E-state index in [9.17, 15) is 4.79 Å². The fourth-order valence-corrected chi connectivity index (χ4v) is 3.10. The summed E-state index contributed by atoms with van der Waals surface area (Å²) in [6.45, 7) is 8.01. The van der Waals surface area contributed by atoms with Crippen LogP contribution in [-0.4, -0.2) is 27.2 Å². The Morgan fingerprint density at radius 1 is 0.889 bits per heavy atom. The third kappa shape index (κ3) is 4.54. The lowest BCUT2D eigenvalue weighted by Gasteiger charge is -2.20. The van der Waals surface area contributed by atoms with Crippen LogP contribution in [0.4, 0.5) is 0 Å². The lowest BCUT2D eigenvalue weighted by molar-refractivity contribution is 0.0938. The lowest BCUT2D eigenvalue weighted by Crippen LogP contribution is -2.27. The monoisotopic (exact) mass is 371 g/mol. The van der Waals surface area contributed by atoms with Gasteiger partial charge in [-0.1, -0.05) is 13.8 Å². The van der Waals surface area contributed by atoms with Crippen LogP contribution in [0.25, 0.3) is 0 Å². The number of rotatable bonds is 7. The van der Waals surface area contributed by atoms with Crippen molar-refractivity contribution in [1.82, 2.24) is 5.32 Å². The number of carbonyl (C=O) groups excluding carboxylic acids is 1. The first-order valence-corrected chi connectivity index (χ1v) is 9.03. The molecule has 27 heavy (non-hydrogen) atoms. The minimum atomic E-state index is -0.244. The van der Waals surface area contributed by atoms with E-state index in [1.54, 1.807) is 21.3 Å². The second-order valence-corrected chi connectivity index (χ2v) is 6.87. The minimum Gasteiger partial charge on any atom is -0.497 e. The van der Waals surface area contributed by atoms with E-state index in [-0.39, 0.29) is 17.9 Å². The van der Waals surface area contributed by atoms with Gasteiger partial charge in [-0.15, -0.1) is 0 Å². The van der Waals surface area contributed by atoms with E-state index in [0.717, 1.165) is 28.2 Å². The minimum absolute atomic E-state index is 0.130. The second-order valence-electron chi connectivity index (χ2n) is 6.87. The molecule has 0 aliphatic heterocycles. The van der Waals surface area contributed by atoms with E-state index in [4.69, 9.17) is 14.2 Å². The zero-order chi connectivity index (χ0) is 20.1. The van der Waals surface area contributed by atoms with Crippen LogP contribution in [0, 0.1) is 6.92 Å². The highest BCUT2D eigenvalue weighted by molar-refractivity contribution is 5.96. The fourth-order valence-electron chi connectivity index (χ4n) is 3.10. The molecule has 0 aliphatic carbocycles. The molecule has 0 fully saturated rings. The summed E-state index contributed by atoms with van der Waals surface area (Å²) in [4.78, 5) is 13.0. The maximum Gasteiger partial charge on any atom is 0.252 e. The van der Waals surface area contributed by atoms with Gasteiger partial charge in [0.15, 0.2) is 0 Å². The van der Waals surface area contributed by atoms with E-state index < -0.39 is 0 Å². The lowest BCUT2D eigenvalue weighted by atomic mass is 9.95. The number of amides is 1. The number of nitrogens with one attached hydrogen (secondary N) is 1. The molecule has 0 radical (unpaired) electrons. The summed E-state index contributed by atoms with van der Waals surface area (Å²) in [6, 6.07) is 9.15. The van der Waals surface area contributed by atoms with Crippen LogP contribution in [0.2, 0.25) is 0 Å². The summed E-state index contributed by atoms with van der Waals surface area (Å²) < 4.78 is 16.2. The molecule has 5 nitrogen and oxygen atoms in total. The summed E-state index contributed by atoms with van der Waals surface area (Å²) in [5.74, 6) is 2.35. The maximum absolute atomic E-state index is 13.0. The SMILES string of the molecule is COc1ccc(OC)c(C(C)NC(=O)c2cc(C(C)C)c(OC)cc2C)c1. The predicted molar refractivity (Wildman–Crippen MR) is 107 cm³/mol. The highest BCUT2D eigenvalue weighted by Gasteiger charge is 2.20. The van der Waals surface area contributed by atoms with Crippen LogP contribution in [-0.2, 0) is 0 Å². The van der Waals surface area contributed by atoms with Crippen molar-refractivity contribution in [2.24, 2.45) is 0 Å². The van der Waals surface area contributed by atoms with Crippen molar-refractivity contribution >= 4 is 5.91 Å². The molecule has 5 heteroatoms. The molecule has 0 heterocycles. The van der Waals surface area contributed by atoms with E-state index in [1.807, 2.05) is 44.2 Å². The van der Waals surface area contributed by atoms with Gasteiger partial charge < -0.3 is 19.5 Å². The van der Waals surface area contributed by atoms with E-state index in [1.165, 1.54) is 0 Å². The van der Waals surface area contributed by atoms with Crippen LogP contribution in [0.3, 0.4) is 0 Å². The molecule has 0 aliphatic rings. The van der Waals surface area contributed by atoms with Crippen LogP contribution >= 0.6 is 0 Å². The second kappa shape index (κ2) is 8.80. The van der Waals surface area contributed by atoms with Gasteiger partial charge in [0.05, 0.1) is 27.4 Å². The first-order valence-electron chi connectivity index (χ1n) is 9.03. The van der Waals surface area contributed by atoms with E-state index >= 15 is 0 Å². The summed E-state index contributed by atoms with van der Waals surface area (Å²) in [6.07, 6.45) is 0. The first-order chi connectivity index (χ1) is 12.8. The molecule has 0 saturated carbocycles. The summed E-state index contributed by atoms with van der Waals surface area (Å²) >= 11 is 0. The van der Waals surface area contributed by atoms with Gasteiger partial charge in [0.25, 0.3) is 5.91 Å². The number of hydrogen-bond donors (Lipinski definition) is 1. The molecular formula is C22H29NO4. The van der Waals surface area contributed by atoms with Crippen molar-refractivity contribution in [3.05, 3.63) is 52.6 Å².